The Morgan fingerprint density at radius 1 is 1.10 bits per heavy atom. The van der Waals surface area contributed by atoms with Gasteiger partial charge in [0, 0.05) is 6.04 Å². The number of rotatable bonds is 2. The SMILES string of the molecule is NC1Cc2ccccc2C1NC(=O)Oc1ccccc1. The molecule has 1 amide bonds. The second-order valence-electron chi connectivity index (χ2n) is 4.89. The molecule has 0 fully saturated rings. The number of nitrogens with two attached hydrogens (primary N) is 1. The van der Waals surface area contributed by atoms with Crippen LogP contribution in [-0.2, 0) is 6.42 Å². The lowest BCUT2D eigenvalue weighted by Crippen LogP contribution is -2.39. The second kappa shape index (κ2) is 5.35. The number of para-hydroxylation sites is 1. The van der Waals surface area contributed by atoms with Crippen molar-refractivity contribution in [2.45, 2.75) is 18.5 Å². The van der Waals surface area contributed by atoms with Gasteiger partial charge in [0.1, 0.15) is 5.75 Å². The van der Waals surface area contributed by atoms with E-state index in [1.165, 1.54) is 5.56 Å². The Hall–Kier alpha value is -2.33. The molecule has 1 aliphatic rings. The molecule has 0 saturated heterocycles. The van der Waals surface area contributed by atoms with Gasteiger partial charge >= 0.3 is 6.09 Å². The Kier molecular flexibility index (Phi) is 3.39. The maximum atomic E-state index is 11.9. The lowest BCUT2D eigenvalue weighted by molar-refractivity contribution is 0.194. The third-order valence-electron chi connectivity index (χ3n) is 3.50. The fourth-order valence-corrected chi connectivity index (χ4v) is 2.56. The smallest absolute Gasteiger partial charge is 0.410 e. The van der Waals surface area contributed by atoms with Gasteiger partial charge < -0.3 is 15.8 Å². The van der Waals surface area contributed by atoms with Crippen LogP contribution in [0.4, 0.5) is 4.79 Å². The maximum Gasteiger partial charge on any atom is 0.413 e. The van der Waals surface area contributed by atoms with Gasteiger partial charge in [-0.3, -0.25) is 0 Å². The molecule has 1 aliphatic carbocycles. The molecule has 3 rings (SSSR count). The third-order valence-corrected chi connectivity index (χ3v) is 3.50. The minimum Gasteiger partial charge on any atom is -0.410 e. The fourth-order valence-electron chi connectivity index (χ4n) is 2.56. The van der Waals surface area contributed by atoms with Crippen LogP contribution in [0.25, 0.3) is 0 Å². The first-order valence-electron chi connectivity index (χ1n) is 6.61. The lowest BCUT2D eigenvalue weighted by atomic mass is 10.1. The van der Waals surface area contributed by atoms with Crippen molar-refractivity contribution in [1.82, 2.24) is 5.32 Å². The molecule has 2 aromatic carbocycles. The molecule has 2 aromatic rings. The molecular formula is C16H16N2O2. The molecule has 4 nitrogen and oxygen atoms in total. The van der Waals surface area contributed by atoms with Crippen molar-refractivity contribution < 1.29 is 9.53 Å². The van der Waals surface area contributed by atoms with Crippen molar-refractivity contribution in [3.63, 3.8) is 0 Å². The molecule has 0 bridgehead atoms. The summed E-state index contributed by atoms with van der Waals surface area (Å²) < 4.78 is 5.23. The molecule has 4 heteroatoms. The Morgan fingerprint density at radius 3 is 2.60 bits per heavy atom. The summed E-state index contributed by atoms with van der Waals surface area (Å²) in [5, 5.41) is 2.85. The topological polar surface area (TPSA) is 64.3 Å². The number of ether oxygens (including phenoxy) is 1. The Labute approximate surface area is 117 Å². The van der Waals surface area contributed by atoms with Crippen LogP contribution in [0.2, 0.25) is 0 Å². The van der Waals surface area contributed by atoms with Gasteiger partial charge in [-0.1, -0.05) is 42.5 Å². The molecule has 2 unspecified atom stereocenters. The predicted molar refractivity (Wildman–Crippen MR) is 76.5 cm³/mol. The van der Waals surface area contributed by atoms with E-state index < -0.39 is 6.09 Å². The van der Waals surface area contributed by atoms with E-state index in [0.717, 1.165) is 12.0 Å². The Balaban J connectivity index is 1.70. The minimum atomic E-state index is -0.478. The monoisotopic (exact) mass is 268 g/mol. The molecular weight excluding hydrogens is 252 g/mol. The van der Waals surface area contributed by atoms with Gasteiger partial charge in [-0.05, 0) is 29.7 Å². The van der Waals surface area contributed by atoms with Gasteiger partial charge in [0.2, 0.25) is 0 Å². The number of nitrogens with one attached hydrogen (secondary N) is 1. The highest BCUT2D eigenvalue weighted by molar-refractivity contribution is 5.71. The molecule has 3 N–H and O–H groups in total. The van der Waals surface area contributed by atoms with Crippen LogP contribution >= 0.6 is 0 Å². The summed E-state index contributed by atoms with van der Waals surface area (Å²) >= 11 is 0. The van der Waals surface area contributed by atoms with E-state index in [-0.39, 0.29) is 12.1 Å². The summed E-state index contributed by atoms with van der Waals surface area (Å²) in [6.45, 7) is 0. The van der Waals surface area contributed by atoms with E-state index in [2.05, 4.69) is 5.32 Å². The molecule has 0 saturated carbocycles. The van der Waals surface area contributed by atoms with E-state index in [1.807, 2.05) is 42.5 Å². The first-order chi connectivity index (χ1) is 9.74. The van der Waals surface area contributed by atoms with Gasteiger partial charge in [-0.15, -0.1) is 0 Å². The van der Waals surface area contributed by atoms with E-state index in [1.54, 1.807) is 12.1 Å². The van der Waals surface area contributed by atoms with Crippen LogP contribution in [0.3, 0.4) is 0 Å². The zero-order valence-electron chi connectivity index (χ0n) is 11.0. The van der Waals surface area contributed by atoms with Gasteiger partial charge in [-0.25, -0.2) is 4.79 Å². The lowest BCUT2D eigenvalue weighted by Gasteiger charge is -2.18. The molecule has 2 atom stereocenters. The fraction of sp³-hybridized carbons (Fsp3) is 0.188. The van der Waals surface area contributed by atoms with Gasteiger partial charge in [0.25, 0.3) is 0 Å². The highest BCUT2D eigenvalue weighted by atomic mass is 16.6. The summed E-state index contributed by atoms with van der Waals surface area (Å²) in [5.74, 6) is 0.518. The summed E-state index contributed by atoms with van der Waals surface area (Å²) in [5.41, 5.74) is 8.36. The Morgan fingerprint density at radius 2 is 1.80 bits per heavy atom. The normalized spacial score (nSPS) is 20.2. The van der Waals surface area contributed by atoms with Crippen molar-refractivity contribution in [2.24, 2.45) is 5.73 Å². The van der Waals surface area contributed by atoms with E-state index in [4.69, 9.17) is 10.5 Å². The molecule has 0 aliphatic heterocycles. The number of carbonyl (C=O) groups is 1. The van der Waals surface area contributed by atoms with Gasteiger partial charge in [0.05, 0.1) is 6.04 Å². The molecule has 0 heterocycles. The largest absolute Gasteiger partial charge is 0.413 e. The van der Waals surface area contributed by atoms with Crippen LogP contribution in [-0.4, -0.2) is 12.1 Å². The first kappa shape index (κ1) is 12.7. The number of carbonyl (C=O) groups excluding carboxylic acids is 1. The summed E-state index contributed by atoms with van der Waals surface area (Å²) in [4.78, 5) is 11.9. The van der Waals surface area contributed by atoms with Crippen LogP contribution in [0, 0.1) is 0 Å². The summed E-state index contributed by atoms with van der Waals surface area (Å²) in [7, 11) is 0. The predicted octanol–water partition coefficient (Wildman–Crippen LogP) is 2.40. The summed E-state index contributed by atoms with van der Waals surface area (Å²) in [6, 6.07) is 16.6. The maximum absolute atomic E-state index is 11.9. The minimum absolute atomic E-state index is 0.115. The highest BCUT2D eigenvalue weighted by Crippen LogP contribution is 2.30. The zero-order chi connectivity index (χ0) is 13.9. The van der Waals surface area contributed by atoms with E-state index in [9.17, 15) is 4.79 Å². The number of fused-ring (bicyclic) bond motifs is 1. The quantitative estimate of drug-likeness (QED) is 0.879. The van der Waals surface area contributed by atoms with E-state index in [0.29, 0.717) is 5.75 Å². The first-order valence-corrected chi connectivity index (χ1v) is 6.61. The standard InChI is InChI=1S/C16H16N2O2/c17-14-10-11-6-4-5-9-13(11)15(14)18-16(19)20-12-7-2-1-3-8-12/h1-9,14-15H,10,17H2,(H,18,19). The van der Waals surface area contributed by atoms with Crippen molar-refractivity contribution in [2.75, 3.05) is 0 Å². The average molecular weight is 268 g/mol. The van der Waals surface area contributed by atoms with E-state index >= 15 is 0 Å². The van der Waals surface area contributed by atoms with Crippen molar-refractivity contribution in [3.05, 3.63) is 65.7 Å². The third kappa shape index (κ3) is 2.51. The second-order valence-corrected chi connectivity index (χ2v) is 4.89. The van der Waals surface area contributed by atoms with Crippen LogP contribution in [0.15, 0.2) is 54.6 Å². The molecule has 102 valence electrons. The van der Waals surface area contributed by atoms with Crippen molar-refractivity contribution in [1.29, 1.82) is 0 Å². The summed E-state index contributed by atoms with van der Waals surface area (Å²) in [6.07, 6.45) is 0.292. The number of benzene rings is 2. The molecule has 0 spiro atoms. The highest BCUT2D eigenvalue weighted by Gasteiger charge is 2.31. The molecule has 0 aromatic heterocycles. The number of amides is 1. The average Bonchev–Trinajstić information content (AvgIpc) is 2.76. The van der Waals surface area contributed by atoms with Crippen LogP contribution in [0.1, 0.15) is 17.2 Å². The van der Waals surface area contributed by atoms with Crippen LogP contribution < -0.4 is 15.8 Å². The van der Waals surface area contributed by atoms with Crippen molar-refractivity contribution >= 4 is 6.09 Å². The number of hydrogen-bond acceptors (Lipinski definition) is 3. The van der Waals surface area contributed by atoms with Crippen LogP contribution in [0.5, 0.6) is 5.75 Å². The zero-order valence-corrected chi connectivity index (χ0v) is 11.0. The van der Waals surface area contributed by atoms with Crippen molar-refractivity contribution in [3.8, 4) is 5.75 Å². The number of hydrogen-bond donors (Lipinski definition) is 2. The van der Waals surface area contributed by atoms with Gasteiger partial charge in [-0.2, -0.15) is 0 Å². The molecule has 0 radical (unpaired) electrons. The van der Waals surface area contributed by atoms with Gasteiger partial charge in [0.15, 0.2) is 0 Å². The molecule has 20 heavy (non-hydrogen) atoms. The Bertz CT molecular complexity index is 613.